The summed E-state index contributed by atoms with van der Waals surface area (Å²) in [5.41, 5.74) is 0.891. The Morgan fingerprint density at radius 3 is 2.57 bits per heavy atom. The molecule has 168 valence electrons. The largest absolute Gasteiger partial charge is 0.494 e. The van der Waals surface area contributed by atoms with Crippen molar-refractivity contribution in [1.29, 1.82) is 0 Å². The molecular formula is C25H39NO4. The molecule has 0 amide bonds. The van der Waals surface area contributed by atoms with Crippen molar-refractivity contribution < 1.29 is 19.0 Å². The van der Waals surface area contributed by atoms with E-state index in [1.54, 1.807) is 0 Å². The van der Waals surface area contributed by atoms with E-state index in [-0.39, 0.29) is 11.4 Å². The Balaban J connectivity index is 1.52. The molecule has 0 radical (unpaired) electrons. The van der Waals surface area contributed by atoms with E-state index in [2.05, 4.69) is 24.0 Å². The molecule has 2 heterocycles. The van der Waals surface area contributed by atoms with Crippen molar-refractivity contribution in [2.75, 3.05) is 32.8 Å². The fourth-order valence-corrected chi connectivity index (χ4v) is 4.44. The van der Waals surface area contributed by atoms with E-state index in [1.807, 2.05) is 26.8 Å². The Morgan fingerprint density at radius 1 is 1.13 bits per heavy atom. The number of benzene rings is 1. The minimum Gasteiger partial charge on any atom is -0.494 e. The smallest absolute Gasteiger partial charge is 0.320 e. The summed E-state index contributed by atoms with van der Waals surface area (Å²) in [5.74, 6) is 1.80. The average molecular weight is 418 g/mol. The molecule has 1 aromatic carbocycles. The van der Waals surface area contributed by atoms with Gasteiger partial charge in [0.2, 0.25) is 0 Å². The molecule has 0 N–H and O–H groups in total. The normalized spacial score (nSPS) is 18.1. The maximum atomic E-state index is 12.2. The number of nitrogens with zero attached hydrogens (tertiary/aromatic N) is 1. The van der Waals surface area contributed by atoms with Gasteiger partial charge in [-0.1, -0.05) is 32.6 Å². The Hall–Kier alpha value is -1.75. The average Bonchev–Trinajstić information content (AvgIpc) is 3.03. The van der Waals surface area contributed by atoms with E-state index in [0.717, 1.165) is 57.1 Å². The molecule has 5 nitrogen and oxygen atoms in total. The Kier molecular flexibility index (Phi) is 7.67. The van der Waals surface area contributed by atoms with Gasteiger partial charge in [0.05, 0.1) is 19.8 Å². The van der Waals surface area contributed by atoms with Crippen molar-refractivity contribution >= 4 is 5.97 Å². The van der Waals surface area contributed by atoms with E-state index in [1.165, 1.54) is 31.2 Å². The number of hydrogen-bond donors (Lipinski definition) is 0. The molecule has 1 spiro atoms. The maximum absolute atomic E-state index is 12.2. The molecule has 2 aliphatic rings. The zero-order chi connectivity index (χ0) is 21.6. The molecule has 5 heteroatoms. The summed E-state index contributed by atoms with van der Waals surface area (Å²) in [5, 5.41) is 0. The van der Waals surface area contributed by atoms with Gasteiger partial charge in [-0.2, -0.15) is 0 Å². The van der Waals surface area contributed by atoms with Crippen LogP contribution in [0.2, 0.25) is 0 Å². The van der Waals surface area contributed by atoms with Gasteiger partial charge in [-0.3, -0.25) is 9.69 Å². The van der Waals surface area contributed by atoms with Crippen LogP contribution in [0.15, 0.2) is 18.2 Å². The van der Waals surface area contributed by atoms with Gasteiger partial charge in [0, 0.05) is 11.0 Å². The highest BCUT2D eigenvalue weighted by molar-refractivity contribution is 5.72. The summed E-state index contributed by atoms with van der Waals surface area (Å²) in [6, 6.07) is 6.28. The Labute approximate surface area is 182 Å². The lowest BCUT2D eigenvalue weighted by molar-refractivity contribution is -0.156. The number of likely N-dealkylation sites (tertiary alicyclic amines) is 1. The molecule has 0 atom stereocenters. The second kappa shape index (κ2) is 10.0. The second-order valence-corrected chi connectivity index (χ2v) is 9.85. The maximum Gasteiger partial charge on any atom is 0.320 e. The lowest BCUT2D eigenvalue weighted by atomic mass is 9.74. The van der Waals surface area contributed by atoms with E-state index in [9.17, 15) is 4.79 Å². The first-order chi connectivity index (χ1) is 14.3. The highest BCUT2D eigenvalue weighted by Crippen LogP contribution is 2.46. The molecule has 3 rings (SSSR count). The van der Waals surface area contributed by atoms with Gasteiger partial charge in [-0.25, -0.2) is 0 Å². The van der Waals surface area contributed by atoms with Crippen LogP contribution >= 0.6 is 0 Å². The predicted octanol–water partition coefficient (Wildman–Crippen LogP) is 5.10. The number of hydrogen-bond acceptors (Lipinski definition) is 5. The molecule has 0 aromatic heterocycles. The monoisotopic (exact) mass is 417 g/mol. The molecule has 0 unspecified atom stereocenters. The number of ether oxygens (including phenoxy) is 3. The number of fused-ring (bicyclic) bond motifs is 2. The highest BCUT2D eigenvalue weighted by Gasteiger charge is 2.43. The van der Waals surface area contributed by atoms with Gasteiger partial charge < -0.3 is 14.2 Å². The summed E-state index contributed by atoms with van der Waals surface area (Å²) in [4.78, 5) is 14.4. The zero-order valence-electron chi connectivity index (χ0n) is 19.3. The molecule has 0 aliphatic carbocycles. The third-order valence-electron chi connectivity index (χ3n) is 6.13. The van der Waals surface area contributed by atoms with Gasteiger partial charge in [0.1, 0.15) is 17.1 Å². The summed E-state index contributed by atoms with van der Waals surface area (Å²) >= 11 is 0. The van der Waals surface area contributed by atoms with Crippen molar-refractivity contribution in [2.45, 2.75) is 83.7 Å². The van der Waals surface area contributed by atoms with E-state index < -0.39 is 5.60 Å². The molecule has 30 heavy (non-hydrogen) atoms. The third-order valence-corrected chi connectivity index (χ3v) is 6.13. The third kappa shape index (κ3) is 6.13. The number of carbonyl (C=O) groups is 1. The lowest BCUT2D eigenvalue weighted by Gasteiger charge is -2.38. The molecule has 0 bridgehead atoms. The van der Waals surface area contributed by atoms with Gasteiger partial charge in [-0.15, -0.1) is 0 Å². The summed E-state index contributed by atoms with van der Waals surface area (Å²) in [7, 11) is 0. The second-order valence-electron chi connectivity index (χ2n) is 9.85. The summed E-state index contributed by atoms with van der Waals surface area (Å²) < 4.78 is 17.5. The quantitative estimate of drug-likeness (QED) is 0.413. The summed E-state index contributed by atoms with van der Waals surface area (Å²) in [6.45, 7) is 11.6. The van der Waals surface area contributed by atoms with Crippen molar-refractivity contribution in [3.05, 3.63) is 23.8 Å². The fourth-order valence-electron chi connectivity index (χ4n) is 4.44. The molecule has 1 saturated heterocycles. The van der Waals surface area contributed by atoms with Crippen molar-refractivity contribution in [2.24, 2.45) is 0 Å². The lowest BCUT2D eigenvalue weighted by Crippen LogP contribution is -2.46. The van der Waals surface area contributed by atoms with Crippen molar-refractivity contribution in [3.8, 4) is 11.5 Å². The van der Waals surface area contributed by atoms with Crippen LogP contribution in [-0.2, 0) is 14.9 Å². The minimum atomic E-state index is -0.432. The van der Waals surface area contributed by atoms with Crippen LogP contribution in [0, 0.1) is 0 Å². The van der Waals surface area contributed by atoms with Gasteiger partial charge in [0.15, 0.2) is 0 Å². The number of carbonyl (C=O) groups excluding carboxylic acids is 1. The molecule has 0 saturated carbocycles. The van der Waals surface area contributed by atoms with Crippen LogP contribution in [-0.4, -0.2) is 49.3 Å². The standard InChI is InChI=1S/C25H39NO4/c1-5-6-7-8-9-16-28-20-10-11-22-21(17-20)25(19-29-22)12-14-26(15-13-25)18-23(27)30-24(2,3)4/h10-11,17H,5-9,12-16,18-19H2,1-4H3. The van der Waals surface area contributed by atoms with Crippen LogP contribution < -0.4 is 9.47 Å². The van der Waals surface area contributed by atoms with Crippen LogP contribution in [0.4, 0.5) is 0 Å². The fraction of sp³-hybridized carbons (Fsp3) is 0.720. The van der Waals surface area contributed by atoms with E-state index in [0.29, 0.717) is 6.54 Å². The summed E-state index contributed by atoms with van der Waals surface area (Å²) in [6.07, 6.45) is 8.19. The first-order valence-electron chi connectivity index (χ1n) is 11.7. The molecular weight excluding hydrogens is 378 g/mol. The van der Waals surface area contributed by atoms with Crippen LogP contribution in [0.5, 0.6) is 11.5 Å². The number of unbranched alkanes of at least 4 members (excludes halogenated alkanes) is 4. The number of piperidine rings is 1. The van der Waals surface area contributed by atoms with Gasteiger partial charge in [0.25, 0.3) is 0 Å². The Morgan fingerprint density at radius 2 is 1.87 bits per heavy atom. The predicted molar refractivity (Wildman–Crippen MR) is 119 cm³/mol. The topological polar surface area (TPSA) is 48.0 Å². The minimum absolute atomic E-state index is 0.0419. The number of esters is 1. The molecule has 1 fully saturated rings. The SMILES string of the molecule is CCCCCCCOc1ccc2c(c1)C1(CCN(CC(=O)OC(C)(C)C)CC1)CO2. The van der Waals surface area contributed by atoms with Gasteiger partial charge >= 0.3 is 5.97 Å². The van der Waals surface area contributed by atoms with Crippen LogP contribution in [0.25, 0.3) is 0 Å². The van der Waals surface area contributed by atoms with Crippen LogP contribution in [0.3, 0.4) is 0 Å². The zero-order valence-corrected chi connectivity index (χ0v) is 19.3. The van der Waals surface area contributed by atoms with Crippen LogP contribution in [0.1, 0.15) is 78.2 Å². The highest BCUT2D eigenvalue weighted by atomic mass is 16.6. The molecule has 2 aliphatic heterocycles. The first-order valence-corrected chi connectivity index (χ1v) is 11.7. The number of rotatable bonds is 9. The van der Waals surface area contributed by atoms with E-state index in [4.69, 9.17) is 14.2 Å². The van der Waals surface area contributed by atoms with Gasteiger partial charge in [-0.05, 0) is 71.3 Å². The van der Waals surface area contributed by atoms with Crippen molar-refractivity contribution in [3.63, 3.8) is 0 Å². The first kappa shape index (κ1) is 22.9. The van der Waals surface area contributed by atoms with E-state index >= 15 is 0 Å². The Bertz CT molecular complexity index is 702. The molecule has 1 aromatic rings. The van der Waals surface area contributed by atoms with Crippen molar-refractivity contribution in [1.82, 2.24) is 4.90 Å².